The molecule has 0 radical (unpaired) electrons. The van der Waals surface area contributed by atoms with Crippen LogP contribution in [0, 0.1) is 0 Å². The standard InChI is InChI=1S/C17H27N3O3.ClH/c1-4-18-10-11-19-17(22)12-15(20-13(3)21)14-8-6-7-9-16(14)23-5-2;/h6-9,15,18H,4-5,10-12H2,1-3H3,(H,19,22)(H,20,21);1H. The van der Waals surface area contributed by atoms with E-state index in [-0.39, 0.29) is 30.6 Å². The molecule has 7 heteroatoms. The zero-order valence-electron chi connectivity index (χ0n) is 14.6. The number of hydrogen-bond donors (Lipinski definition) is 3. The highest BCUT2D eigenvalue weighted by Crippen LogP contribution is 2.27. The third-order valence-electron chi connectivity index (χ3n) is 3.24. The van der Waals surface area contributed by atoms with Gasteiger partial charge in [-0.2, -0.15) is 0 Å². The summed E-state index contributed by atoms with van der Waals surface area (Å²) in [6.07, 6.45) is 0.176. The molecule has 0 spiro atoms. The molecule has 0 saturated heterocycles. The second kappa shape index (κ2) is 12.6. The molecule has 0 fully saturated rings. The lowest BCUT2D eigenvalue weighted by molar-refractivity contribution is -0.122. The fourth-order valence-corrected chi connectivity index (χ4v) is 2.26. The van der Waals surface area contributed by atoms with Crippen LogP contribution in [0.25, 0.3) is 0 Å². The molecule has 0 aromatic heterocycles. The van der Waals surface area contributed by atoms with Crippen LogP contribution in [0.3, 0.4) is 0 Å². The summed E-state index contributed by atoms with van der Waals surface area (Å²) in [6, 6.07) is 7.05. The van der Waals surface area contributed by atoms with E-state index in [4.69, 9.17) is 4.74 Å². The molecule has 1 aromatic carbocycles. The van der Waals surface area contributed by atoms with Crippen LogP contribution in [0.4, 0.5) is 0 Å². The lowest BCUT2D eigenvalue weighted by atomic mass is 10.0. The molecular formula is C17H28ClN3O3. The van der Waals surface area contributed by atoms with Crippen molar-refractivity contribution in [3.8, 4) is 5.75 Å². The van der Waals surface area contributed by atoms with Crippen molar-refractivity contribution in [2.24, 2.45) is 0 Å². The summed E-state index contributed by atoms with van der Waals surface area (Å²) in [7, 11) is 0. The van der Waals surface area contributed by atoms with Crippen molar-refractivity contribution in [2.75, 3.05) is 26.2 Å². The quantitative estimate of drug-likeness (QED) is 0.558. The van der Waals surface area contributed by atoms with Crippen LogP contribution in [0.15, 0.2) is 24.3 Å². The van der Waals surface area contributed by atoms with E-state index in [0.29, 0.717) is 18.9 Å². The van der Waals surface area contributed by atoms with Crippen LogP contribution in [0.1, 0.15) is 38.8 Å². The van der Waals surface area contributed by atoms with Gasteiger partial charge in [-0.25, -0.2) is 0 Å². The normalized spacial score (nSPS) is 11.1. The molecule has 1 unspecified atom stereocenters. The fraction of sp³-hybridized carbons (Fsp3) is 0.529. The van der Waals surface area contributed by atoms with Gasteiger partial charge in [-0.3, -0.25) is 9.59 Å². The van der Waals surface area contributed by atoms with E-state index in [1.54, 1.807) is 0 Å². The van der Waals surface area contributed by atoms with Gasteiger partial charge in [0.1, 0.15) is 5.75 Å². The van der Waals surface area contributed by atoms with E-state index >= 15 is 0 Å². The predicted octanol–water partition coefficient (Wildman–Crippen LogP) is 1.80. The number of hydrogen-bond acceptors (Lipinski definition) is 4. The largest absolute Gasteiger partial charge is 0.494 e. The third kappa shape index (κ3) is 8.17. The summed E-state index contributed by atoms with van der Waals surface area (Å²) < 4.78 is 5.60. The summed E-state index contributed by atoms with van der Waals surface area (Å²) in [6.45, 7) is 8.04. The summed E-state index contributed by atoms with van der Waals surface area (Å²) in [5, 5.41) is 8.82. The van der Waals surface area contributed by atoms with Crippen molar-refractivity contribution in [2.45, 2.75) is 33.2 Å². The molecule has 0 bridgehead atoms. The number of carbonyl (C=O) groups excluding carboxylic acids is 2. The number of halogens is 1. The number of carbonyl (C=O) groups is 2. The molecule has 0 aliphatic heterocycles. The first-order chi connectivity index (χ1) is 11.1. The molecular weight excluding hydrogens is 330 g/mol. The van der Waals surface area contributed by atoms with Gasteiger partial charge in [-0.15, -0.1) is 12.4 Å². The predicted molar refractivity (Wildman–Crippen MR) is 97.6 cm³/mol. The van der Waals surface area contributed by atoms with Crippen molar-refractivity contribution < 1.29 is 14.3 Å². The van der Waals surface area contributed by atoms with Crippen LogP contribution in [0.5, 0.6) is 5.75 Å². The summed E-state index contributed by atoms with van der Waals surface area (Å²) in [5.41, 5.74) is 0.811. The number of nitrogens with one attached hydrogen (secondary N) is 3. The highest BCUT2D eigenvalue weighted by atomic mass is 35.5. The van der Waals surface area contributed by atoms with E-state index in [1.807, 2.05) is 38.1 Å². The minimum absolute atomic E-state index is 0. The van der Waals surface area contributed by atoms with Gasteiger partial charge >= 0.3 is 0 Å². The molecule has 0 aliphatic rings. The second-order valence-electron chi connectivity index (χ2n) is 5.13. The monoisotopic (exact) mass is 357 g/mol. The average molecular weight is 358 g/mol. The minimum Gasteiger partial charge on any atom is -0.494 e. The Morgan fingerprint density at radius 2 is 1.88 bits per heavy atom. The number of ether oxygens (including phenoxy) is 1. The third-order valence-corrected chi connectivity index (χ3v) is 3.24. The van der Waals surface area contributed by atoms with Gasteiger partial charge in [0.05, 0.1) is 19.1 Å². The Bertz CT molecular complexity index is 512. The van der Waals surface area contributed by atoms with Crippen molar-refractivity contribution in [1.82, 2.24) is 16.0 Å². The maximum absolute atomic E-state index is 12.1. The zero-order valence-corrected chi connectivity index (χ0v) is 15.4. The summed E-state index contributed by atoms with van der Waals surface area (Å²) >= 11 is 0. The molecule has 136 valence electrons. The van der Waals surface area contributed by atoms with Crippen LogP contribution in [-0.2, 0) is 9.59 Å². The van der Waals surface area contributed by atoms with E-state index in [0.717, 1.165) is 18.7 Å². The molecule has 0 saturated carbocycles. The maximum atomic E-state index is 12.1. The van der Waals surface area contributed by atoms with Crippen molar-refractivity contribution in [3.63, 3.8) is 0 Å². The van der Waals surface area contributed by atoms with Crippen molar-refractivity contribution in [1.29, 1.82) is 0 Å². The van der Waals surface area contributed by atoms with Crippen LogP contribution >= 0.6 is 12.4 Å². The Morgan fingerprint density at radius 3 is 2.50 bits per heavy atom. The molecule has 3 N–H and O–H groups in total. The Balaban J connectivity index is 0.00000529. The second-order valence-corrected chi connectivity index (χ2v) is 5.13. The first-order valence-corrected chi connectivity index (χ1v) is 8.04. The first-order valence-electron chi connectivity index (χ1n) is 8.04. The molecule has 1 aromatic rings. The zero-order chi connectivity index (χ0) is 17.1. The van der Waals surface area contributed by atoms with Gasteiger partial charge in [0.25, 0.3) is 0 Å². The molecule has 24 heavy (non-hydrogen) atoms. The van der Waals surface area contributed by atoms with E-state index in [9.17, 15) is 9.59 Å². The van der Waals surface area contributed by atoms with E-state index < -0.39 is 6.04 Å². The Labute approximate surface area is 150 Å². The van der Waals surface area contributed by atoms with E-state index in [2.05, 4.69) is 16.0 Å². The smallest absolute Gasteiger partial charge is 0.222 e. The van der Waals surface area contributed by atoms with Crippen molar-refractivity contribution >= 4 is 24.2 Å². The van der Waals surface area contributed by atoms with Gasteiger partial charge in [-0.1, -0.05) is 25.1 Å². The SMILES string of the molecule is CCNCCNC(=O)CC(NC(C)=O)c1ccccc1OCC.Cl. The lowest BCUT2D eigenvalue weighted by Crippen LogP contribution is -2.35. The number of rotatable bonds is 10. The Hall–Kier alpha value is -1.79. The van der Waals surface area contributed by atoms with E-state index in [1.165, 1.54) is 6.92 Å². The Kier molecular flexibility index (Phi) is 11.7. The van der Waals surface area contributed by atoms with Crippen LogP contribution in [0.2, 0.25) is 0 Å². The number of para-hydroxylation sites is 1. The van der Waals surface area contributed by atoms with Gasteiger partial charge in [0.2, 0.25) is 11.8 Å². The van der Waals surface area contributed by atoms with Gasteiger partial charge in [-0.05, 0) is 19.5 Å². The Morgan fingerprint density at radius 1 is 1.17 bits per heavy atom. The van der Waals surface area contributed by atoms with Gasteiger partial charge in [0.15, 0.2) is 0 Å². The van der Waals surface area contributed by atoms with Gasteiger partial charge < -0.3 is 20.7 Å². The molecule has 0 aliphatic carbocycles. The molecule has 1 rings (SSSR count). The number of likely N-dealkylation sites (N-methyl/N-ethyl adjacent to an activating group) is 1. The maximum Gasteiger partial charge on any atom is 0.222 e. The highest BCUT2D eigenvalue weighted by Gasteiger charge is 2.20. The van der Waals surface area contributed by atoms with Crippen LogP contribution < -0.4 is 20.7 Å². The highest BCUT2D eigenvalue weighted by molar-refractivity contribution is 5.85. The molecule has 1 atom stereocenters. The number of amides is 2. The molecule has 6 nitrogen and oxygen atoms in total. The topological polar surface area (TPSA) is 79.5 Å². The first kappa shape index (κ1) is 22.2. The molecule has 2 amide bonds. The van der Waals surface area contributed by atoms with Crippen LogP contribution in [-0.4, -0.2) is 38.1 Å². The van der Waals surface area contributed by atoms with Crippen molar-refractivity contribution in [3.05, 3.63) is 29.8 Å². The lowest BCUT2D eigenvalue weighted by Gasteiger charge is -2.21. The minimum atomic E-state index is -0.408. The van der Waals surface area contributed by atoms with Gasteiger partial charge in [0, 0.05) is 25.6 Å². The number of benzene rings is 1. The summed E-state index contributed by atoms with van der Waals surface area (Å²) in [5.74, 6) is 0.406. The fourth-order valence-electron chi connectivity index (χ4n) is 2.26. The summed E-state index contributed by atoms with van der Waals surface area (Å²) in [4.78, 5) is 23.6. The molecule has 0 heterocycles. The average Bonchev–Trinajstić information content (AvgIpc) is 2.51.